The summed E-state index contributed by atoms with van der Waals surface area (Å²) in [6.45, 7) is -0.0275. The molecule has 5 nitrogen and oxygen atoms in total. The summed E-state index contributed by atoms with van der Waals surface area (Å²) < 4.78 is 11.8. The number of furan rings is 1. The summed E-state index contributed by atoms with van der Waals surface area (Å²) in [6.07, 6.45) is 4.18. The van der Waals surface area contributed by atoms with Gasteiger partial charge in [-0.2, -0.15) is 0 Å². The third-order valence-electron chi connectivity index (χ3n) is 4.81. The molecule has 0 amide bonds. The molecule has 138 valence electrons. The number of hydrogen-bond acceptors (Lipinski definition) is 4. The van der Waals surface area contributed by atoms with Gasteiger partial charge in [0, 0.05) is 22.7 Å². The summed E-state index contributed by atoms with van der Waals surface area (Å²) >= 11 is 0. The highest BCUT2D eigenvalue weighted by Gasteiger charge is 2.20. The van der Waals surface area contributed by atoms with Gasteiger partial charge >= 0.3 is 0 Å². The Morgan fingerprint density at radius 1 is 1.00 bits per heavy atom. The van der Waals surface area contributed by atoms with E-state index in [0.29, 0.717) is 29.5 Å². The minimum absolute atomic E-state index is 0.0275. The van der Waals surface area contributed by atoms with E-state index < -0.39 is 0 Å². The van der Waals surface area contributed by atoms with Crippen molar-refractivity contribution in [2.75, 3.05) is 0 Å². The molecule has 2 aromatic carbocycles. The first-order valence-corrected chi connectivity index (χ1v) is 9.10. The lowest BCUT2D eigenvalue weighted by molar-refractivity contribution is 0.282. The standard InChI is InChI=1S/C23H18N2O3/c26-14-15-5-3-6-16(11-15)23-22(20-9-4-10-27-20)25-21(28-23)12-17-13-24-19-8-2-1-7-18(17)19/h1-11,13,24,26H,12,14H2. The van der Waals surface area contributed by atoms with Gasteiger partial charge in [0.05, 0.1) is 19.3 Å². The van der Waals surface area contributed by atoms with Gasteiger partial charge < -0.3 is 18.9 Å². The van der Waals surface area contributed by atoms with Gasteiger partial charge in [-0.05, 0) is 35.4 Å². The van der Waals surface area contributed by atoms with E-state index in [1.807, 2.05) is 54.7 Å². The zero-order chi connectivity index (χ0) is 18.9. The Labute approximate surface area is 161 Å². The van der Waals surface area contributed by atoms with E-state index in [9.17, 15) is 5.11 Å². The first-order chi connectivity index (χ1) is 13.8. The van der Waals surface area contributed by atoms with Gasteiger partial charge in [-0.15, -0.1) is 0 Å². The van der Waals surface area contributed by atoms with Gasteiger partial charge in [0.25, 0.3) is 0 Å². The van der Waals surface area contributed by atoms with Gasteiger partial charge in [0.1, 0.15) is 0 Å². The molecular weight excluding hydrogens is 352 g/mol. The number of aliphatic hydroxyl groups is 1. The van der Waals surface area contributed by atoms with E-state index >= 15 is 0 Å². The van der Waals surface area contributed by atoms with Crippen molar-refractivity contribution in [1.82, 2.24) is 9.97 Å². The van der Waals surface area contributed by atoms with E-state index in [0.717, 1.165) is 27.6 Å². The van der Waals surface area contributed by atoms with E-state index in [2.05, 4.69) is 17.1 Å². The Hall–Kier alpha value is -3.57. The zero-order valence-electron chi connectivity index (χ0n) is 15.1. The van der Waals surface area contributed by atoms with Gasteiger partial charge in [-0.25, -0.2) is 4.98 Å². The molecule has 3 aromatic heterocycles. The number of nitrogens with one attached hydrogen (secondary N) is 1. The fraction of sp³-hybridized carbons (Fsp3) is 0.0870. The van der Waals surface area contributed by atoms with Crippen molar-refractivity contribution in [3.8, 4) is 22.8 Å². The predicted octanol–water partition coefficient (Wildman–Crippen LogP) is 5.17. The van der Waals surface area contributed by atoms with Crippen molar-refractivity contribution in [1.29, 1.82) is 0 Å². The van der Waals surface area contributed by atoms with Crippen LogP contribution >= 0.6 is 0 Å². The Morgan fingerprint density at radius 3 is 2.79 bits per heavy atom. The van der Waals surface area contributed by atoms with Crippen LogP contribution < -0.4 is 0 Å². The number of para-hydroxylation sites is 1. The normalized spacial score (nSPS) is 11.3. The number of fused-ring (bicyclic) bond motifs is 1. The summed E-state index contributed by atoms with van der Waals surface area (Å²) in [4.78, 5) is 8.02. The SMILES string of the molecule is OCc1cccc(-c2oc(Cc3c[nH]c4ccccc34)nc2-c2ccco2)c1. The van der Waals surface area contributed by atoms with Crippen molar-refractivity contribution in [2.24, 2.45) is 0 Å². The maximum absolute atomic E-state index is 9.47. The van der Waals surface area contributed by atoms with Crippen LogP contribution in [0.5, 0.6) is 0 Å². The van der Waals surface area contributed by atoms with Crippen LogP contribution in [0.25, 0.3) is 33.7 Å². The second-order valence-electron chi connectivity index (χ2n) is 6.66. The molecular formula is C23H18N2O3. The lowest BCUT2D eigenvalue weighted by atomic mass is 10.1. The number of nitrogens with zero attached hydrogens (tertiary/aromatic N) is 1. The molecule has 0 saturated heterocycles. The monoisotopic (exact) mass is 370 g/mol. The van der Waals surface area contributed by atoms with E-state index in [-0.39, 0.29) is 6.61 Å². The molecule has 0 radical (unpaired) electrons. The molecule has 0 aliphatic carbocycles. The first kappa shape index (κ1) is 16.6. The Bertz CT molecular complexity index is 1230. The molecule has 0 fully saturated rings. The molecule has 5 aromatic rings. The number of benzene rings is 2. The van der Waals surface area contributed by atoms with Gasteiger partial charge in [-0.1, -0.05) is 36.4 Å². The van der Waals surface area contributed by atoms with Crippen LogP contribution in [0.2, 0.25) is 0 Å². The Balaban J connectivity index is 1.60. The number of aromatic amines is 1. The summed E-state index contributed by atoms with van der Waals surface area (Å²) in [6, 6.07) is 19.5. The largest absolute Gasteiger partial charge is 0.463 e. The molecule has 0 saturated carbocycles. The second kappa shape index (κ2) is 6.87. The lowest BCUT2D eigenvalue weighted by Crippen LogP contribution is -1.87. The van der Waals surface area contributed by atoms with E-state index in [4.69, 9.17) is 13.8 Å². The van der Waals surface area contributed by atoms with Crippen LogP contribution in [0.1, 0.15) is 17.0 Å². The molecule has 0 aliphatic heterocycles. The van der Waals surface area contributed by atoms with Crippen LogP contribution in [0, 0.1) is 0 Å². The summed E-state index contributed by atoms with van der Waals surface area (Å²) in [5.41, 5.74) is 4.55. The minimum Gasteiger partial charge on any atom is -0.463 e. The highest BCUT2D eigenvalue weighted by molar-refractivity contribution is 5.83. The van der Waals surface area contributed by atoms with Crippen LogP contribution in [0.15, 0.2) is 82.0 Å². The fourth-order valence-electron chi connectivity index (χ4n) is 3.47. The van der Waals surface area contributed by atoms with Crippen molar-refractivity contribution < 1.29 is 13.9 Å². The number of aromatic nitrogens is 2. The number of rotatable bonds is 5. The van der Waals surface area contributed by atoms with Crippen LogP contribution in [-0.2, 0) is 13.0 Å². The Morgan fingerprint density at radius 2 is 1.93 bits per heavy atom. The number of aliphatic hydroxyl groups excluding tert-OH is 1. The van der Waals surface area contributed by atoms with Crippen molar-refractivity contribution in [3.63, 3.8) is 0 Å². The van der Waals surface area contributed by atoms with Gasteiger partial charge in [-0.3, -0.25) is 0 Å². The average molecular weight is 370 g/mol. The number of oxazole rings is 1. The highest BCUT2D eigenvalue weighted by atomic mass is 16.4. The average Bonchev–Trinajstić information content (AvgIpc) is 3.48. The quantitative estimate of drug-likeness (QED) is 0.448. The number of H-pyrrole nitrogens is 1. The van der Waals surface area contributed by atoms with Crippen LogP contribution in [0.4, 0.5) is 0 Å². The van der Waals surface area contributed by atoms with Crippen molar-refractivity contribution >= 4 is 10.9 Å². The predicted molar refractivity (Wildman–Crippen MR) is 107 cm³/mol. The topological polar surface area (TPSA) is 75.2 Å². The van der Waals surface area contributed by atoms with Gasteiger partial charge in [0.2, 0.25) is 0 Å². The third-order valence-corrected chi connectivity index (χ3v) is 4.81. The molecule has 2 N–H and O–H groups in total. The molecule has 0 spiro atoms. The van der Waals surface area contributed by atoms with E-state index in [1.54, 1.807) is 6.26 Å². The van der Waals surface area contributed by atoms with Crippen molar-refractivity contribution in [2.45, 2.75) is 13.0 Å². The maximum Gasteiger partial charge on any atom is 0.200 e. The summed E-state index contributed by atoms with van der Waals surface area (Å²) in [5, 5.41) is 10.6. The molecule has 5 heteroatoms. The smallest absolute Gasteiger partial charge is 0.200 e. The van der Waals surface area contributed by atoms with Gasteiger partial charge in [0.15, 0.2) is 23.1 Å². The maximum atomic E-state index is 9.47. The summed E-state index contributed by atoms with van der Waals surface area (Å²) in [7, 11) is 0. The first-order valence-electron chi connectivity index (χ1n) is 9.10. The molecule has 0 atom stereocenters. The third kappa shape index (κ3) is 2.92. The molecule has 28 heavy (non-hydrogen) atoms. The minimum atomic E-state index is -0.0275. The van der Waals surface area contributed by atoms with E-state index in [1.165, 1.54) is 0 Å². The van der Waals surface area contributed by atoms with Crippen LogP contribution in [0.3, 0.4) is 0 Å². The fourth-order valence-corrected chi connectivity index (χ4v) is 3.47. The molecule has 0 bridgehead atoms. The molecule has 3 heterocycles. The second-order valence-corrected chi connectivity index (χ2v) is 6.66. The Kier molecular flexibility index (Phi) is 4.07. The number of hydrogen-bond donors (Lipinski definition) is 2. The molecule has 0 unspecified atom stereocenters. The van der Waals surface area contributed by atoms with Crippen molar-refractivity contribution in [3.05, 3.63) is 90.1 Å². The summed E-state index contributed by atoms with van der Waals surface area (Å²) in [5.74, 6) is 1.90. The molecule has 0 aliphatic rings. The molecule has 5 rings (SSSR count). The highest BCUT2D eigenvalue weighted by Crippen LogP contribution is 2.34. The zero-order valence-corrected chi connectivity index (χ0v) is 15.1. The van der Waals surface area contributed by atoms with Crippen LogP contribution in [-0.4, -0.2) is 15.1 Å². The lowest BCUT2D eigenvalue weighted by Gasteiger charge is -2.02.